The average Bonchev–Trinajstić information content (AvgIpc) is 2.06. The number of rotatable bonds is 2. The number of pyridine rings is 1. The fourth-order valence-electron chi connectivity index (χ4n) is 0.787. The van der Waals surface area contributed by atoms with E-state index >= 15 is 0 Å². The van der Waals surface area contributed by atoms with Crippen LogP contribution in [-0.4, -0.2) is 11.3 Å². The Balaban J connectivity index is 2.89. The van der Waals surface area contributed by atoms with Crippen molar-refractivity contribution in [2.45, 2.75) is 13.0 Å². The number of halogens is 4. The van der Waals surface area contributed by atoms with Crippen molar-refractivity contribution in [2.75, 3.05) is 5.73 Å². The molecule has 3 nitrogen and oxygen atoms in total. The first-order valence-electron chi connectivity index (χ1n) is 3.48. The summed E-state index contributed by atoms with van der Waals surface area (Å²) in [7, 11) is 0. The van der Waals surface area contributed by atoms with Crippen LogP contribution >= 0.6 is 0 Å². The molecule has 1 aromatic heterocycles. The van der Waals surface area contributed by atoms with Crippen LogP contribution in [0.3, 0.4) is 0 Å². The highest BCUT2D eigenvalue weighted by Crippen LogP contribution is 2.27. The number of nitrogen functional groups attached to an aromatic ring is 1. The van der Waals surface area contributed by atoms with Gasteiger partial charge in [-0.3, -0.25) is 4.98 Å². The standard InChI is InChI=1S/C7H6F4N2O/c8-2-4-1-5(12)6(3-13-4)14-7(9,10)11/h1,3H,2H2,(H2,12,13). The molecule has 0 spiro atoms. The van der Waals surface area contributed by atoms with Gasteiger partial charge in [0.05, 0.1) is 17.6 Å². The van der Waals surface area contributed by atoms with E-state index in [1.807, 2.05) is 0 Å². The minimum atomic E-state index is -4.83. The number of nitrogens with zero attached hydrogens (tertiary/aromatic N) is 1. The lowest BCUT2D eigenvalue weighted by Crippen LogP contribution is -2.18. The van der Waals surface area contributed by atoms with Gasteiger partial charge in [-0.1, -0.05) is 0 Å². The predicted octanol–water partition coefficient (Wildman–Crippen LogP) is 2.03. The lowest BCUT2D eigenvalue weighted by atomic mass is 10.3. The molecule has 1 heterocycles. The molecule has 1 rings (SSSR count). The van der Waals surface area contributed by atoms with Crippen LogP contribution in [0, 0.1) is 0 Å². The van der Waals surface area contributed by atoms with Crippen LogP contribution in [0.5, 0.6) is 5.75 Å². The Morgan fingerprint density at radius 2 is 2.07 bits per heavy atom. The molecule has 0 atom stereocenters. The van der Waals surface area contributed by atoms with Gasteiger partial charge in [-0.15, -0.1) is 13.2 Å². The Morgan fingerprint density at radius 1 is 1.43 bits per heavy atom. The van der Waals surface area contributed by atoms with Crippen molar-refractivity contribution >= 4 is 5.69 Å². The van der Waals surface area contributed by atoms with E-state index < -0.39 is 18.8 Å². The summed E-state index contributed by atoms with van der Waals surface area (Å²) in [6.07, 6.45) is -4.09. The SMILES string of the molecule is Nc1cc(CF)ncc1OC(F)(F)F. The Morgan fingerprint density at radius 3 is 2.50 bits per heavy atom. The first-order chi connectivity index (χ1) is 6.42. The number of anilines is 1. The van der Waals surface area contributed by atoms with Gasteiger partial charge in [0.2, 0.25) is 0 Å². The zero-order valence-corrected chi connectivity index (χ0v) is 6.81. The first kappa shape index (κ1) is 10.6. The molecule has 78 valence electrons. The normalized spacial score (nSPS) is 11.4. The van der Waals surface area contributed by atoms with Crippen LogP contribution in [0.1, 0.15) is 5.69 Å². The summed E-state index contributed by atoms with van der Waals surface area (Å²) in [4.78, 5) is 3.36. The molecule has 0 radical (unpaired) electrons. The van der Waals surface area contributed by atoms with Gasteiger partial charge in [0.25, 0.3) is 0 Å². The van der Waals surface area contributed by atoms with Crippen LogP contribution in [0.2, 0.25) is 0 Å². The van der Waals surface area contributed by atoms with E-state index in [2.05, 4.69) is 9.72 Å². The van der Waals surface area contributed by atoms with Crippen LogP contribution in [0.15, 0.2) is 12.3 Å². The molecule has 0 unspecified atom stereocenters. The molecule has 0 aromatic carbocycles. The number of hydrogen-bond donors (Lipinski definition) is 1. The summed E-state index contributed by atoms with van der Waals surface area (Å²) in [5, 5.41) is 0. The number of aromatic nitrogens is 1. The Kier molecular flexibility index (Phi) is 2.78. The summed E-state index contributed by atoms with van der Waals surface area (Å²) in [5.41, 5.74) is 4.83. The third-order valence-electron chi connectivity index (χ3n) is 1.32. The minimum absolute atomic E-state index is 0.0444. The van der Waals surface area contributed by atoms with Gasteiger partial charge >= 0.3 is 6.36 Å². The molecule has 0 aliphatic rings. The Labute approximate surface area is 76.5 Å². The second-order valence-corrected chi connectivity index (χ2v) is 2.39. The van der Waals surface area contributed by atoms with E-state index in [1.165, 1.54) is 0 Å². The van der Waals surface area contributed by atoms with E-state index in [0.717, 1.165) is 12.3 Å². The van der Waals surface area contributed by atoms with E-state index in [4.69, 9.17) is 5.73 Å². The smallest absolute Gasteiger partial charge is 0.402 e. The fraction of sp³-hybridized carbons (Fsp3) is 0.286. The van der Waals surface area contributed by atoms with Crippen molar-refractivity contribution < 1.29 is 22.3 Å². The van der Waals surface area contributed by atoms with Crippen LogP contribution in [0.25, 0.3) is 0 Å². The van der Waals surface area contributed by atoms with Crippen molar-refractivity contribution in [1.82, 2.24) is 4.98 Å². The molecule has 14 heavy (non-hydrogen) atoms. The topological polar surface area (TPSA) is 48.1 Å². The number of alkyl halides is 4. The zero-order chi connectivity index (χ0) is 10.8. The zero-order valence-electron chi connectivity index (χ0n) is 6.81. The van der Waals surface area contributed by atoms with Gasteiger partial charge in [0.1, 0.15) is 6.67 Å². The van der Waals surface area contributed by atoms with Gasteiger partial charge in [-0.05, 0) is 6.07 Å². The van der Waals surface area contributed by atoms with Crippen LogP contribution in [-0.2, 0) is 6.67 Å². The van der Waals surface area contributed by atoms with Crippen molar-refractivity contribution in [2.24, 2.45) is 0 Å². The van der Waals surface area contributed by atoms with Crippen molar-refractivity contribution in [3.05, 3.63) is 18.0 Å². The summed E-state index contributed by atoms with van der Waals surface area (Å²) in [6, 6.07) is 0.987. The maximum atomic E-state index is 12.0. The number of nitrogens with two attached hydrogens (primary N) is 1. The van der Waals surface area contributed by atoms with Crippen molar-refractivity contribution in [3.63, 3.8) is 0 Å². The summed E-state index contributed by atoms with van der Waals surface area (Å²) >= 11 is 0. The molecule has 2 N–H and O–H groups in total. The fourth-order valence-corrected chi connectivity index (χ4v) is 0.787. The largest absolute Gasteiger partial charge is 0.573 e. The maximum Gasteiger partial charge on any atom is 0.573 e. The van der Waals surface area contributed by atoms with E-state index in [1.54, 1.807) is 0 Å². The van der Waals surface area contributed by atoms with Gasteiger partial charge in [0.15, 0.2) is 5.75 Å². The highest BCUT2D eigenvalue weighted by molar-refractivity contribution is 5.51. The molecule has 0 aliphatic heterocycles. The molecule has 0 saturated heterocycles. The van der Waals surface area contributed by atoms with E-state index in [-0.39, 0.29) is 11.4 Å². The van der Waals surface area contributed by atoms with Crippen LogP contribution < -0.4 is 10.5 Å². The minimum Gasteiger partial charge on any atom is -0.402 e. The lowest BCUT2D eigenvalue weighted by Gasteiger charge is -2.10. The quantitative estimate of drug-likeness (QED) is 0.759. The van der Waals surface area contributed by atoms with Gasteiger partial charge in [-0.25, -0.2) is 4.39 Å². The second kappa shape index (κ2) is 3.69. The highest BCUT2D eigenvalue weighted by Gasteiger charge is 2.32. The lowest BCUT2D eigenvalue weighted by molar-refractivity contribution is -0.274. The highest BCUT2D eigenvalue weighted by atomic mass is 19.4. The molecule has 0 bridgehead atoms. The van der Waals surface area contributed by atoms with E-state index in [0.29, 0.717) is 0 Å². The van der Waals surface area contributed by atoms with Gasteiger partial charge in [0, 0.05) is 0 Å². The first-order valence-corrected chi connectivity index (χ1v) is 3.48. The third-order valence-corrected chi connectivity index (χ3v) is 1.32. The molecule has 0 aliphatic carbocycles. The van der Waals surface area contributed by atoms with Gasteiger partial charge < -0.3 is 10.5 Å². The summed E-state index contributed by atoms with van der Waals surface area (Å²) in [6.45, 7) is -0.892. The summed E-state index contributed by atoms with van der Waals surface area (Å²) in [5.74, 6) is -0.630. The molecule has 0 saturated carbocycles. The molecular weight excluding hydrogens is 204 g/mol. The predicted molar refractivity (Wildman–Crippen MR) is 40.1 cm³/mol. The molecule has 0 amide bonds. The van der Waals surface area contributed by atoms with Crippen LogP contribution in [0.4, 0.5) is 23.2 Å². The number of hydrogen-bond acceptors (Lipinski definition) is 3. The third kappa shape index (κ3) is 2.75. The Hall–Kier alpha value is -1.53. The molecule has 7 heteroatoms. The average molecular weight is 210 g/mol. The van der Waals surface area contributed by atoms with Gasteiger partial charge in [-0.2, -0.15) is 0 Å². The Bertz CT molecular complexity index is 326. The van der Waals surface area contributed by atoms with Crippen molar-refractivity contribution in [3.8, 4) is 5.75 Å². The summed E-state index contributed by atoms with van der Waals surface area (Å²) < 4.78 is 50.7. The van der Waals surface area contributed by atoms with E-state index in [9.17, 15) is 17.6 Å². The monoisotopic (exact) mass is 210 g/mol. The molecule has 1 aromatic rings. The number of ether oxygens (including phenoxy) is 1. The maximum absolute atomic E-state index is 12.0. The molecular formula is C7H6F4N2O. The molecule has 0 fully saturated rings. The van der Waals surface area contributed by atoms with Crippen molar-refractivity contribution in [1.29, 1.82) is 0 Å². The second-order valence-electron chi connectivity index (χ2n) is 2.39.